The predicted molar refractivity (Wildman–Crippen MR) is 98.8 cm³/mol. The summed E-state index contributed by atoms with van der Waals surface area (Å²) < 4.78 is 2.58. The molecule has 2 fully saturated rings. The fraction of sp³-hybridized carbons (Fsp3) is 0.526. The van der Waals surface area contributed by atoms with Crippen molar-refractivity contribution in [3.8, 4) is 0 Å². The summed E-state index contributed by atoms with van der Waals surface area (Å²) in [5.74, 6) is 1.57. The Hall–Kier alpha value is -1.95. The van der Waals surface area contributed by atoms with Gasteiger partial charge in [-0.05, 0) is 49.9 Å². The maximum atomic E-state index is 13.2. The van der Waals surface area contributed by atoms with E-state index in [1.807, 2.05) is 17.7 Å². The minimum Gasteiger partial charge on any atom is -0.341 e. The summed E-state index contributed by atoms with van der Waals surface area (Å²) in [6.07, 6.45) is 4.96. The van der Waals surface area contributed by atoms with Crippen LogP contribution in [-0.2, 0) is 18.3 Å². The summed E-state index contributed by atoms with van der Waals surface area (Å²) in [5, 5.41) is 7.25. The number of aromatic amines is 1. The van der Waals surface area contributed by atoms with Crippen LogP contribution in [0.1, 0.15) is 43.0 Å². The molecule has 0 unspecified atom stereocenters. The lowest BCUT2D eigenvalue weighted by Crippen LogP contribution is -2.44. The Balaban J connectivity index is 1.48. The van der Waals surface area contributed by atoms with Crippen molar-refractivity contribution in [3.05, 3.63) is 46.5 Å². The van der Waals surface area contributed by atoms with Crippen molar-refractivity contribution in [3.63, 3.8) is 0 Å². The van der Waals surface area contributed by atoms with Gasteiger partial charge in [0.15, 0.2) is 4.77 Å². The van der Waals surface area contributed by atoms with Gasteiger partial charge in [0.1, 0.15) is 5.82 Å². The molecule has 0 spiro atoms. The van der Waals surface area contributed by atoms with Crippen LogP contribution in [0.4, 0.5) is 0 Å². The predicted octanol–water partition coefficient (Wildman–Crippen LogP) is 3.21. The van der Waals surface area contributed by atoms with Crippen molar-refractivity contribution >= 4 is 18.1 Å². The van der Waals surface area contributed by atoms with Gasteiger partial charge >= 0.3 is 0 Å². The minimum absolute atomic E-state index is 0.166. The lowest BCUT2D eigenvalue weighted by atomic mass is 9.91. The van der Waals surface area contributed by atoms with E-state index in [2.05, 4.69) is 39.4 Å². The van der Waals surface area contributed by atoms with Gasteiger partial charge in [0.2, 0.25) is 5.91 Å². The highest BCUT2D eigenvalue weighted by Gasteiger charge is 2.51. The van der Waals surface area contributed by atoms with Crippen LogP contribution in [0.3, 0.4) is 0 Å². The third-order valence-corrected chi connectivity index (χ3v) is 6.05. The second kappa shape index (κ2) is 6.41. The van der Waals surface area contributed by atoms with Gasteiger partial charge in [0.05, 0.1) is 5.41 Å². The number of hydrogen-bond acceptors (Lipinski definition) is 3. The zero-order valence-corrected chi connectivity index (χ0v) is 15.4. The van der Waals surface area contributed by atoms with E-state index in [0.717, 1.165) is 51.0 Å². The SMILES string of the molecule is Cn1c([C@@H]2CCCN(C(=O)C3(Cc4ccccc4)CC3)C2)n[nH]c1=S. The molecule has 2 heterocycles. The zero-order valence-electron chi connectivity index (χ0n) is 14.6. The average molecular weight is 356 g/mol. The normalized spacial score (nSPS) is 22.0. The molecule has 1 saturated heterocycles. The molecule has 5 nitrogen and oxygen atoms in total. The Labute approximate surface area is 153 Å². The minimum atomic E-state index is -0.166. The van der Waals surface area contributed by atoms with Gasteiger partial charge in [-0.3, -0.25) is 9.89 Å². The highest BCUT2D eigenvalue weighted by atomic mass is 32.1. The van der Waals surface area contributed by atoms with Crippen LogP contribution in [0.25, 0.3) is 0 Å². The number of piperidine rings is 1. The molecule has 1 aromatic carbocycles. The fourth-order valence-corrected chi connectivity index (χ4v) is 4.17. The number of hydrogen-bond donors (Lipinski definition) is 1. The Morgan fingerprint density at radius 3 is 2.76 bits per heavy atom. The standard InChI is InChI=1S/C19H24N4OS/c1-22-16(20-21-18(22)25)15-8-5-11-23(13-15)17(24)19(9-10-19)12-14-6-3-2-4-7-14/h2-4,6-7,15H,5,8-13H2,1H3,(H,21,25)/t15-/m1/s1. The summed E-state index contributed by atoms with van der Waals surface area (Å²) in [6, 6.07) is 10.4. The molecule has 1 atom stereocenters. The van der Waals surface area contributed by atoms with Crippen molar-refractivity contribution in [2.24, 2.45) is 12.5 Å². The lowest BCUT2D eigenvalue weighted by Gasteiger charge is -2.34. The molecule has 1 aliphatic heterocycles. The first-order chi connectivity index (χ1) is 12.1. The van der Waals surface area contributed by atoms with Crippen molar-refractivity contribution in [2.45, 2.75) is 38.0 Å². The molecular weight excluding hydrogens is 332 g/mol. The van der Waals surface area contributed by atoms with E-state index in [0.29, 0.717) is 10.7 Å². The first kappa shape index (κ1) is 16.5. The number of nitrogens with one attached hydrogen (secondary N) is 1. The van der Waals surface area contributed by atoms with Crippen molar-refractivity contribution in [1.29, 1.82) is 0 Å². The van der Waals surface area contributed by atoms with Crippen molar-refractivity contribution < 1.29 is 4.79 Å². The van der Waals surface area contributed by atoms with E-state index in [1.54, 1.807) is 0 Å². The number of likely N-dealkylation sites (tertiary alicyclic amines) is 1. The molecular formula is C19H24N4OS. The molecule has 6 heteroatoms. The summed E-state index contributed by atoms with van der Waals surface area (Å²) >= 11 is 5.23. The quantitative estimate of drug-likeness (QED) is 0.856. The van der Waals surface area contributed by atoms with Gasteiger partial charge in [-0.15, -0.1) is 0 Å². The zero-order chi connectivity index (χ0) is 17.4. The molecule has 1 aliphatic carbocycles. The Morgan fingerprint density at radius 1 is 1.36 bits per heavy atom. The third kappa shape index (κ3) is 3.15. The van der Waals surface area contributed by atoms with E-state index >= 15 is 0 Å². The second-order valence-corrected chi connectivity index (χ2v) is 7.87. The number of carbonyl (C=O) groups is 1. The fourth-order valence-electron chi connectivity index (χ4n) is 4.04. The molecule has 1 saturated carbocycles. The number of carbonyl (C=O) groups excluding carboxylic acids is 1. The molecule has 25 heavy (non-hydrogen) atoms. The molecule has 132 valence electrons. The monoisotopic (exact) mass is 356 g/mol. The molecule has 1 aromatic heterocycles. The maximum Gasteiger partial charge on any atom is 0.229 e. The topological polar surface area (TPSA) is 53.9 Å². The van der Waals surface area contributed by atoms with Gasteiger partial charge < -0.3 is 9.47 Å². The smallest absolute Gasteiger partial charge is 0.229 e. The molecule has 0 radical (unpaired) electrons. The van der Waals surface area contributed by atoms with Crippen LogP contribution >= 0.6 is 12.2 Å². The summed E-state index contributed by atoms with van der Waals surface area (Å²) in [7, 11) is 1.94. The Morgan fingerprint density at radius 2 is 2.12 bits per heavy atom. The van der Waals surface area contributed by atoms with Crippen LogP contribution in [0.15, 0.2) is 30.3 Å². The average Bonchev–Trinajstić information content (AvgIpc) is 3.35. The van der Waals surface area contributed by atoms with Gasteiger partial charge in [-0.2, -0.15) is 5.10 Å². The molecule has 1 amide bonds. The maximum absolute atomic E-state index is 13.2. The van der Waals surface area contributed by atoms with Crippen LogP contribution in [-0.4, -0.2) is 38.7 Å². The van der Waals surface area contributed by atoms with Crippen molar-refractivity contribution in [1.82, 2.24) is 19.7 Å². The van der Waals surface area contributed by atoms with Crippen LogP contribution < -0.4 is 0 Å². The summed E-state index contributed by atoms with van der Waals surface area (Å²) in [5.41, 5.74) is 1.09. The third-order valence-electron chi connectivity index (χ3n) is 5.68. The number of benzene rings is 1. The van der Waals surface area contributed by atoms with Gasteiger partial charge in [-0.25, -0.2) is 0 Å². The van der Waals surface area contributed by atoms with Gasteiger partial charge in [0, 0.05) is 26.1 Å². The summed E-state index contributed by atoms with van der Waals surface area (Å²) in [6.45, 7) is 1.61. The number of H-pyrrole nitrogens is 1. The van der Waals surface area contributed by atoms with E-state index < -0.39 is 0 Å². The highest BCUT2D eigenvalue weighted by Crippen LogP contribution is 2.50. The van der Waals surface area contributed by atoms with Crippen LogP contribution in [0.2, 0.25) is 0 Å². The van der Waals surface area contributed by atoms with E-state index in [-0.39, 0.29) is 11.3 Å². The first-order valence-electron chi connectivity index (χ1n) is 9.04. The largest absolute Gasteiger partial charge is 0.341 e. The van der Waals surface area contributed by atoms with Crippen LogP contribution in [0.5, 0.6) is 0 Å². The number of aromatic nitrogens is 3. The second-order valence-electron chi connectivity index (χ2n) is 7.48. The van der Waals surface area contributed by atoms with Crippen LogP contribution in [0, 0.1) is 10.2 Å². The number of amides is 1. The molecule has 0 bridgehead atoms. The first-order valence-corrected chi connectivity index (χ1v) is 9.44. The lowest BCUT2D eigenvalue weighted by molar-refractivity contribution is -0.138. The van der Waals surface area contributed by atoms with Gasteiger partial charge in [0.25, 0.3) is 0 Å². The van der Waals surface area contributed by atoms with Crippen molar-refractivity contribution in [2.75, 3.05) is 13.1 Å². The van der Waals surface area contributed by atoms with E-state index in [9.17, 15) is 4.79 Å². The number of rotatable bonds is 4. The number of nitrogens with zero attached hydrogens (tertiary/aromatic N) is 3. The molecule has 1 N–H and O–H groups in total. The molecule has 2 aromatic rings. The molecule has 2 aliphatic rings. The van der Waals surface area contributed by atoms with E-state index in [1.165, 1.54) is 5.56 Å². The Kier molecular flexibility index (Phi) is 4.23. The highest BCUT2D eigenvalue weighted by molar-refractivity contribution is 7.71. The van der Waals surface area contributed by atoms with Gasteiger partial charge in [-0.1, -0.05) is 30.3 Å². The molecule has 4 rings (SSSR count). The van der Waals surface area contributed by atoms with E-state index in [4.69, 9.17) is 12.2 Å². The Bertz CT molecular complexity index is 821. The summed E-state index contributed by atoms with van der Waals surface area (Å²) in [4.78, 5) is 15.3.